The van der Waals surface area contributed by atoms with E-state index in [2.05, 4.69) is 4.98 Å². The molecular formula is C14H14FNO3. The first kappa shape index (κ1) is 13.3. The van der Waals surface area contributed by atoms with Gasteiger partial charge in [-0.25, -0.2) is 9.37 Å². The van der Waals surface area contributed by atoms with Gasteiger partial charge in [0.2, 0.25) is 5.88 Å². The monoisotopic (exact) mass is 263 g/mol. The van der Waals surface area contributed by atoms with E-state index < -0.39 is 5.82 Å². The maximum Gasteiger partial charge on any atom is 0.213 e. The number of pyridine rings is 1. The summed E-state index contributed by atoms with van der Waals surface area (Å²) in [5.74, 6) is 0.0149. The molecule has 19 heavy (non-hydrogen) atoms. The van der Waals surface area contributed by atoms with Crippen molar-refractivity contribution in [3.63, 3.8) is 0 Å². The number of aliphatic hydroxyl groups excluding tert-OH is 1. The zero-order valence-corrected chi connectivity index (χ0v) is 10.5. The Hall–Kier alpha value is -2.14. The third-order valence-corrected chi connectivity index (χ3v) is 2.57. The molecule has 0 spiro atoms. The second kappa shape index (κ2) is 6.15. The van der Waals surface area contributed by atoms with Gasteiger partial charge in [-0.3, -0.25) is 0 Å². The number of aliphatic hydroxyl groups is 1. The van der Waals surface area contributed by atoms with Gasteiger partial charge in [-0.2, -0.15) is 0 Å². The first-order chi connectivity index (χ1) is 9.24. The fourth-order valence-corrected chi connectivity index (χ4v) is 1.64. The lowest BCUT2D eigenvalue weighted by Gasteiger charge is -2.11. The van der Waals surface area contributed by atoms with Crippen LogP contribution in [0.3, 0.4) is 0 Å². The molecule has 4 nitrogen and oxygen atoms in total. The lowest BCUT2D eigenvalue weighted by Crippen LogP contribution is -2.03. The normalized spacial score (nSPS) is 10.3. The van der Waals surface area contributed by atoms with E-state index in [4.69, 9.17) is 14.6 Å². The summed E-state index contributed by atoms with van der Waals surface area (Å²) >= 11 is 0. The van der Waals surface area contributed by atoms with Gasteiger partial charge < -0.3 is 14.6 Å². The van der Waals surface area contributed by atoms with Gasteiger partial charge in [0, 0.05) is 11.6 Å². The van der Waals surface area contributed by atoms with Crippen molar-refractivity contribution in [2.24, 2.45) is 0 Å². The van der Waals surface area contributed by atoms with E-state index in [0.29, 0.717) is 17.1 Å². The minimum atomic E-state index is -0.505. The van der Waals surface area contributed by atoms with Gasteiger partial charge in [0.05, 0.1) is 19.4 Å². The van der Waals surface area contributed by atoms with Crippen LogP contribution in [0.4, 0.5) is 4.39 Å². The van der Waals surface area contributed by atoms with Crippen LogP contribution in [-0.4, -0.2) is 17.2 Å². The summed E-state index contributed by atoms with van der Waals surface area (Å²) in [5, 5.41) is 9.14. The average Bonchev–Trinajstić information content (AvgIpc) is 2.46. The minimum Gasteiger partial charge on any atom is -0.484 e. The molecule has 0 amide bonds. The first-order valence-corrected chi connectivity index (χ1v) is 5.75. The zero-order chi connectivity index (χ0) is 13.7. The van der Waals surface area contributed by atoms with E-state index in [9.17, 15) is 4.39 Å². The number of methoxy groups -OCH3 is 1. The highest BCUT2D eigenvalue weighted by molar-refractivity contribution is 5.34. The molecule has 2 aromatic rings. The quantitative estimate of drug-likeness (QED) is 0.899. The Morgan fingerprint density at radius 2 is 2.00 bits per heavy atom. The maximum absolute atomic E-state index is 13.6. The summed E-state index contributed by atoms with van der Waals surface area (Å²) in [4.78, 5) is 4.16. The van der Waals surface area contributed by atoms with Crippen molar-refractivity contribution in [2.75, 3.05) is 7.11 Å². The number of benzene rings is 1. The lowest BCUT2D eigenvalue weighted by molar-refractivity contribution is 0.249. The predicted octanol–water partition coefficient (Wildman–Crippen LogP) is 2.30. The van der Waals surface area contributed by atoms with Crippen LogP contribution >= 0.6 is 0 Å². The van der Waals surface area contributed by atoms with Crippen LogP contribution < -0.4 is 9.47 Å². The molecule has 0 aliphatic heterocycles. The third kappa shape index (κ3) is 3.20. The second-order valence-electron chi connectivity index (χ2n) is 3.85. The van der Waals surface area contributed by atoms with Gasteiger partial charge in [-0.05, 0) is 12.1 Å². The Labute approximate surface area is 110 Å². The fourth-order valence-electron chi connectivity index (χ4n) is 1.64. The number of para-hydroxylation sites is 1. The summed E-state index contributed by atoms with van der Waals surface area (Å²) < 4.78 is 24.0. The Balaban J connectivity index is 2.14. The van der Waals surface area contributed by atoms with Crippen molar-refractivity contribution in [2.45, 2.75) is 13.2 Å². The van der Waals surface area contributed by atoms with Crippen molar-refractivity contribution in [1.82, 2.24) is 4.98 Å². The first-order valence-electron chi connectivity index (χ1n) is 5.75. The topological polar surface area (TPSA) is 51.6 Å². The number of rotatable bonds is 5. The molecule has 0 saturated heterocycles. The van der Waals surface area contributed by atoms with Crippen molar-refractivity contribution >= 4 is 0 Å². The molecule has 0 aliphatic rings. The molecule has 0 unspecified atom stereocenters. The summed E-state index contributed by atoms with van der Waals surface area (Å²) in [6.45, 7) is -0.177. The molecule has 0 bridgehead atoms. The zero-order valence-electron chi connectivity index (χ0n) is 10.5. The predicted molar refractivity (Wildman–Crippen MR) is 67.4 cm³/mol. The van der Waals surface area contributed by atoms with Gasteiger partial charge in [0.25, 0.3) is 0 Å². The maximum atomic E-state index is 13.6. The highest BCUT2D eigenvalue weighted by Gasteiger charge is 2.09. The van der Waals surface area contributed by atoms with Crippen LogP contribution in [0.2, 0.25) is 0 Å². The smallest absolute Gasteiger partial charge is 0.213 e. The molecule has 5 heteroatoms. The highest BCUT2D eigenvalue weighted by atomic mass is 19.1. The molecule has 1 aromatic heterocycles. The van der Waals surface area contributed by atoms with Gasteiger partial charge >= 0.3 is 0 Å². The molecule has 0 saturated carbocycles. The molecule has 1 N–H and O–H groups in total. The van der Waals surface area contributed by atoms with Crippen molar-refractivity contribution in [3.8, 4) is 11.6 Å². The Bertz CT molecular complexity index is 560. The average molecular weight is 263 g/mol. The van der Waals surface area contributed by atoms with E-state index in [1.165, 1.54) is 19.2 Å². The Kier molecular flexibility index (Phi) is 4.30. The van der Waals surface area contributed by atoms with E-state index in [1.807, 2.05) is 0 Å². The van der Waals surface area contributed by atoms with Crippen LogP contribution in [0.1, 0.15) is 11.3 Å². The van der Waals surface area contributed by atoms with Gasteiger partial charge in [0.1, 0.15) is 6.61 Å². The van der Waals surface area contributed by atoms with E-state index in [0.717, 1.165) is 0 Å². The fraction of sp³-hybridized carbons (Fsp3) is 0.214. The number of aromatic nitrogens is 1. The molecule has 0 atom stereocenters. The number of halogens is 1. The largest absolute Gasteiger partial charge is 0.484 e. The molecular weight excluding hydrogens is 249 g/mol. The van der Waals surface area contributed by atoms with E-state index >= 15 is 0 Å². The molecule has 2 rings (SSSR count). The van der Waals surface area contributed by atoms with Gasteiger partial charge in [-0.1, -0.05) is 18.2 Å². The third-order valence-electron chi connectivity index (χ3n) is 2.57. The Morgan fingerprint density at radius 1 is 1.21 bits per heavy atom. The van der Waals surface area contributed by atoms with Gasteiger partial charge in [0.15, 0.2) is 11.6 Å². The summed E-state index contributed by atoms with van der Waals surface area (Å²) in [6.07, 6.45) is 0. The number of hydrogen-bond donors (Lipinski definition) is 1. The summed E-state index contributed by atoms with van der Waals surface area (Å²) in [7, 11) is 1.52. The minimum absolute atomic E-state index is 0.0506. The van der Waals surface area contributed by atoms with E-state index in [1.54, 1.807) is 24.3 Å². The van der Waals surface area contributed by atoms with Crippen molar-refractivity contribution in [1.29, 1.82) is 0 Å². The second-order valence-corrected chi connectivity index (χ2v) is 3.85. The number of nitrogens with zero attached hydrogens (tertiary/aromatic N) is 1. The summed E-state index contributed by atoms with van der Waals surface area (Å²) in [5.41, 5.74) is 1.02. The van der Waals surface area contributed by atoms with Crippen LogP contribution in [0, 0.1) is 5.82 Å². The SMILES string of the molecule is COc1cccc(COc2c(F)cccc2CO)n1. The van der Waals surface area contributed by atoms with Crippen LogP contribution in [0.25, 0.3) is 0 Å². The molecule has 0 radical (unpaired) electrons. The number of hydrogen-bond acceptors (Lipinski definition) is 4. The van der Waals surface area contributed by atoms with Crippen LogP contribution in [0.5, 0.6) is 11.6 Å². The van der Waals surface area contributed by atoms with Gasteiger partial charge in [-0.15, -0.1) is 0 Å². The van der Waals surface area contributed by atoms with Crippen molar-refractivity contribution in [3.05, 3.63) is 53.5 Å². The van der Waals surface area contributed by atoms with Crippen LogP contribution in [-0.2, 0) is 13.2 Å². The number of ether oxygens (including phenoxy) is 2. The molecule has 0 aliphatic carbocycles. The summed E-state index contributed by atoms with van der Waals surface area (Å²) in [6, 6.07) is 9.66. The standard InChI is InChI=1S/C14H14FNO3/c1-18-13-7-3-5-11(16-13)9-19-14-10(8-17)4-2-6-12(14)15/h2-7,17H,8-9H2,1H3. The molecule has 0 fully saturated rings. The van der Waals surface area contributed by atoms with E-state index in [-0.39, 0.29) is 19.0 Å². The lowest BCUT2D eigenvalue weighted by atomic mass is 10.2. The molecule has 1 aromatic carbocycles. The molecule has 100 valence electrons. The molecule has 1 heterocycles. The highest BCUT2D eigenvalue weighted by Crippen LogP contribution is 2.23. The Morgan fingerprint density at radius 3 is 2.74 bits per heavy atom. The van der Waals surface area contributed by atoms with Crippen LogP contribution in [0.15, 0.2) is 36.4 Å². The van der Waals surface area contributed by atoms with Crippen molar-refractivity contribution < 1.29 is 19.0 Å².